The van der Waals surface area contributed by atoms with Gasteiger partial charge < -0.3 is 14.2 Å². The third kappa shape index (κ3) is 4.61. The molecule has 0 aliphatic heterocycles. The fourth-order valence-corrected chi connectivity index (χ4v) is 2.39. The number of hydrogen-bond donors (Lipinski definition) is 0. The van der Waals surface area contributed by atoms with Gasteiger partial charge in [-0.3, -0.25) is 4.79 Å². The minimum Gasteiger partial charge on any atom is -0.493 e. The summed E-state index contributed by atoms with van der Waals surface area (Å²) < 4.78 is 15.8. The van der Waals surface area contributed by atoms with Crippen LogP contribution in [0.3, 0.4) is 0 Å². The Kier molecular flexibility index (Phi) is 5.36. The molecule has 3 aromatic rings. The highest BCUT2D eigenvalue weighted by Crippen LogP contribution is 2.25. The van der Waals surface area contributed by atoms with Crippen molar-refractivity contribution in [3.63, 3.8) is 0 Å². The van der Waals surface area contributed by atoms with Crippen LogP contribution < -0.4 is 9.47 Å². The van der Waals surface area contributed by atoms with Gasteiger partial charge >= 0.3 is 5.97 Å². The van der Waals surface area contributed by atoms with Crippen molar-refractivity contribution >= 4 is 28.5 Å². The number of halogens is 1. The van der Waals surface area contributed by atoms with Crippen LogP contribution in [-0.4, -0.2) is 24.7 Å². The molecule has 0 radical (unpaired) electrons. The van der Waals surface area contributed by atoms with Gasteiger partial charge in [-0.1, -0.05) is 11.6 Å². The average molecular weight is 358 g/mol. The summed E-state index contributed by atoms with van der Waals surface area (Å²) in [6.07, 6.45) is 0.208. The molecule has 0 N–H and O–H groups in total. The predicted molar refractivity (Wildman–Crippen MR) is 95.4 cm³/mol. The fourth-order valence-electron chi connectivity index (χ4n) is 2.21. The molecule has 0 spiro atoms. The van der Waals surface area contributed by atoms with Gasteiger partial charge in [-0.25, -0.2) is 4.98 Å². The molecule has 5 nitrogen and oxygen atoms in total. The third-order valence-electron chi connectivity index (χ3n) is 3.47. The van der Waals surface area contributed by atoms with Crippen molar-refractivity contribution in [3.05, 3.63) is 59.6 Å². The van der Waals surface area contributed by atoms with Gasteiger partial charge in [0.05, 0.1) is 25.7 Å². The molecule has 6 heteroatoms. The van der Waals surface area contributed by atoms with Gasteiger partial charge in [-0.15, -0.1) is 0 Å². The second kappa shape index (κ2) is 7.85. The first-order valence-corrected chi connectivity index (χ1v) is 8.06. The Bertz CT molecular complexity index is 880. The van der Waals surface area contributed by atoms with Gasteiger partial charge in [-0.2, -0.15) is 0 Å². The van der Waals surface area contributed by atoms with Crippen LogP contribution in [0, 0.1) is 0 Å². The Balaban J connectivity index is 1.63. The molecule has 0 atom stereocenters. The number of pyridine rings is 1. The lowest BCUT2D eigenvalue weighted by Crippen LogP contribution is -2.07. The number of carbonyl (C=O) groups excluding carboxylic acids is 1. The molecule has 0 unspecified atom stereocenters. The number of benzene rings is 2. The highest BCUT2D eigenvalue weighted by molar-refractivity contribution is 6.31. The molecule has 1 heterocycles. The second-order valence-corrected chi connectivity index (χ2v) is 5.67. The van der Waals surface area contributed by atoms with E-state index in [0.717, 1.165) is 10.9 Å². The van der Waals surface area contributed by atoms with E-state index in [2.05, 4.69) is 9.72 Å². The number of esters is 1. The van der Waals surface area contributed by atoms with Gasteiger partial charge in [0, 0.05) is 16.5 Å². The maximum atomic E-state index is 11.0. The van der Waals surface area contributed by atoms with E-state index in [9.17, 15) is 4.79 Å². The molecule has 0 saturated carbocycles. The predicted octanol–water partition coefficient (Wildman–Crippen LogP) is 4.62. The number of nitrogens with zero attached hydrogens (tertiary/aromatic N) is 1. The minimum absolute atomic E-state index is 0.208. The number of ether oxygens (including phenoxy) is 3. The number of carbonyl (C=O) groups is 1. The Morgan fingerprint density at radius 3 is 2.56 bits per heavy atom. The molecule has 0 fully saturated rings. The van der Waals surface area contributed by atoms with Crippen LogP contribution in [-0.2, 0) is 9.53 Å². The summed E-state index contributed by atoms with van der Waals surface area (Å²) in [5.41, 5.74) is 0.810. The van der Waals surface area contributed by atoms with E-state index < -0.39 is 0 Å². The lowest BCUT2D eigenvalue weighted by Gasteiger charge is -2.08. The minimum atomic E-state index is -0.302. The summed E-state index contributed by atoms with van der Waals surface area (Å²) in [7, 11) is 1.35. The first-order chi connectivity index (χ1) is 12.1. The SMILES string of the molecule is COC(=O)CCOc1ccc(Oc2ccc3cc(Cl)ccc3n2)cc1. The van der Waals surface area contributed by atoms with Crippen LogP contribution in [0.5, 0.6) is 17.4 Å². The van der Waals surface area contributed by atoms with Gasteiger partial charge in [0.25, 0.3) is 0 Å². The number of fused-ring (bicyclic) bond motifs is 1. The Hall–Kier alpha value is -2.79. The highest BCUT2D eigenvalue weighted by atomic mass is 35.5. The van der Waals surface area contributed by atoms with Crippen LogP contribution in [0.4, 0.5) is 0 Å². The van der Waals surface area contributed by atoms with E-state index in [4.69, 9.17) is 21.1 Å². The largest absolute Gasteiger partial charge is 0.493 e. The molecule has 0 bridgehead atoms. The van der Waals surface area contributed by atoms with Crippen molar-refractivity contribution in [3.8, 4) is 17.4 Å². The summed E-state index contributed by atoms with van der Waals surface area (Å²) in [4.78, 5) is 15.5. The van der Waals surface area contributed by atoms with Crippen molar-refractivity contribution in [1.82, 2.24) is 4.98 Å². The Morgan fingerprint density at radius 1 is 1.04 bits per heavy atom. The standard InChI is InChI=1S/C19H16ClNO4/c1-23-19(22)10-11-24-15-4-6-16(7-5-15)25-18-9-2-13-12-14(20)3-8-17(13)21-18/h2-9,12H,10-11H2,1H3. The van der Waals surface area contributed by atoms with Crippen LogP contribution in [0.1, 0.15) is 6.42 Å². The first-order valence-electron chi connectivity index (χ1n) is 7.68. The van der Waals surface area contributed by atoms with Crippen molar-refractivity contribution in [2.45, 2.75) is 6.42 Å². The van der Waals surface area contributed by atoms with Gasteiger partial charge in [0.2, 0.25) is 5.88 Å². The quantitative estimate of drug-likeness (QED) is 0.602. The Morgan fingerprint density at radius 2 is 1.80 bits per heavy atom. The highest BCUT2D eigenvalue weighted by Gasteiger charge is 2.04. The van der Waals surface area contributed by atoms with E-state index in [-0.39, 0.29) is 19.0 Å². The molecule has 0 aliphatic carbocycles. The van der Waals surface area contributed by atoms with Gasteiger partial charge in [-0.05, 0) is 48.5 Å². The maximum Gasteiger partial charge on any atom is 0.308 e. The van der Waals surface area contributed by atoms with E-state index in [1.807, 2.05) is 18.2 Å². The van der Waals surface area contributed by atoms with Crippen LogP contribution in [0.2, 0.25) is 5.02 Å². The van der Waals surface area contributed by atoms with Crippen molar-refractivity contribution in [1.29, 1.82) is 0 Å². The summed E-state index contributed by atoms with van der Waals surface area (Å²) in [5.74, 6) is 1.48. The zero-order valence-electron chi connectivity index (χ0n) is 13.6. The zero-order valence-corrected chi connectivity index (χ0v) is 14.3. The summed E-state index contributed by atoms with van der Waals surface area (Å²) >= 11 is 5.97. The molecule has 3 rings (SSSR count). The summed E-state index contributed by atoms with van der Waals surface area (Å²) in [6, 6.07) is 16.3. The van der Waals surface area contributed by atoms with E-state index in [1.54, 1.807) is 36.4 Å². The lowest BCUT2D eigenvalue weighted by molar-refractivity contribution is -0.141. The third-order valence-corrected chi connectivity index (χ3v) is 3.71. The van der Waals surface area contributed by atoms with Crippen LogP contribution in [0.25, 0.3) is 10.9 Å². The molecular weight excluding hydrogens is 342 g/mol. The number of rotatable bonds is 6. The number of hydrogen-bond acceptors (Lipinski definition) is 5. The average Bonchev–Trinajstić information content (AvgIpc) is 2.63. The normalized spacial score (nSPS) is 10.5. The molecular formula is C19H16ClNO4. The Labute approximate surface area is 150 Å². The molecule has 0 amide bonds. The van der Waals surface area contributed by atoms with Crippen molar-refractivity contribution < 1.29 is 19.0 Å². The summed E-state index contributed by atoms with van der Waals surface area (Å²) in [5, 5.41) is 1.62. The monoisotopic (exact) mass is 357 g/mol. The van der Waals surface area contributed by atoms with Crippen molar-refractivity contribution in [2.24, 2.45) is 0 Å². The van der Waals surface area contributed by atoms with Gasteiger partial charge in [0.15, 0.2) is 0 Å². The van der Waals surface area contributed by atoms with Gasteiger partial charge in [0.1, 0.15) is 11.5 Å². The fraction of sp³-hybridized carbons (Fsp3) is 0.158. The zero-order chi connectivity index (χ0) is 17.6. The molecule has 0 saturated heterocycles. The molecule has 2 aromatic carbocycles. The number of methoxy groups -OCH3 is 1. The molecule has 0 aliphatic rings. The second-order valence-electron chi connectivity index (χ2n) is 5.23. The topological polar surface area (TPSA) is 57.7 Å². The van der Waals surface area contributed by atoms with E-state index in [1.165, 1.54) is 7.11 Å². The van der Waals surface area contributed by atoms with Crippen LogP contribution in [0.15, 0.2) is 54.6 Å². The number of aromatic nitrogens is 1. The van der Waals surface area contributed by atoms with Crippen molar-refractivity contribution in [2.75, 3.05) is 13.7 Å². The van der Waals surface area contributed by atoms with Crippen LogP contribution >= 0.6 is 11.6 Å². The molecule has 1 aromatic heterocycles. The smallest absolute Gasteiger partial charge is 0.308 e. The molecule has 25 heavy (non-hydrogen) atoms. The molecule has 128 valence electrons. The maximum absolute atomic E-state index is 11.0. The van der Waals surface area contributed by atoms with E-state index >= 15 is 0 Å². The first kappa shape index (κ1) is 17.0. The lowest BCUT2D eigenvalue weighted by atomic mass is 10.2. The van der Waals surface area contributed by atoms with E-state index in [0.29, 0.717) is 22.4 Å². The summed E-state index contributed by atoms with van der Waals surface area (Å²) in [6.45, 7) is 0.266.